The number of phenolic OH excluding ortho intramolecular Hbond substituents is 1. The first-order valence-corrected chi connectivity index (χ1v) is 6.66. The Hall–Kier alpha value is -1.87. The molecule has 2 N–H and O–H groups in total. The molecule has 0 aliphatic carbocycles. The third-order valence-corrected chi connectivity index (χ3v) is 3.36. The zero-order chi connectivity index (χ0) is 13.7. The number of aromatic nitrogens is 1. The number of aromatic hydroxyl groups is 1. The van der Waals surface area contributed by atoms with Gasteiger partial charge in [0.15, 0.2) is 0 Å². The van der Waals surface area contributed by atoms with Crippen LogP contribution in [0, 0.1) is 0 Å². The number of para-hydroxylation sites is 1. The summed E-state index contributed by atoms with van der Waals surface area (Å²) in [5.74, 6) is 0.347. The lowest BCUT2D eigenvalue weighted by molar-refractivity contribution is 0.419. The number of nitrogens with one attached hydrogen (secondary N) is 1. The van der Waals surface area contributed by atoms with Crippen LogP contribution in [0.4, 0.5) is 0 Å². The molecule has 1 heterocycles. The Balaban J connectivity index is 2.14. The lowest BCUT2D eigenvalue weighted by Gasteiger charge is -2.23. The van der Waals surface area contributed by atoms with E-state index < -0.39 is 0 Å². The minimum Gasteiger partial charge on any atom is -0.508 e. The molecule has 19 heavy (non-hydrogen) atoms. The first-order valence-electron chi connectivity index (χ1n) is 6.66. The molecule has 0 saturated heterocycles. The molecule has 100 valence electrons. The third kappa shape index (κ3) is 3.32. The average Bonchev–Trinajstić information content (AvgIpc) is 2.46. The monoisotopic (exact) mass is 256 g/mol. The lowest BCUT2D eigenvalue weighted by Crippen LogP contribution is -2.24. The first-order chi connectivity index (χ1) is 9.22. The van der Waals surface area contributed by atoms with Crippen molar-refractivity contribution in [2.24, 2.45) is 0 Å². The van der Waals surface area contributed by atoms with Crippen molar-refractivity contribution < 1.29 is 5.11 Å². The molecule has 1 aromatic carbocycles. The van der Waals surface area contributed by atoms with Crippen LogP contribution >= 0.6 is 0 Å². The first kappa shape index (κ1) is 13.6. The normalized spacial score (nSPS) is 14.0. The Morgan fingerprint density at radius 3 is 2.63 bits per heavy atom. The van der Waals surface area contributed by atoms with Crippen LogP contribution in [0.2, 0.25) is 0 Å². The van der Waals surface area contributed by atoms with Gasteiger partial charge in [-0.25, -0.2) is 0 Å². The van der Waals surface area contributed by atoms with E-state index in [-0.39, 0.29) is 12.1 Å². The van der Waals surface area contributed by atoms with Gasteiger partial charge in [-0.15, -0.1) is 0 Å². The maximum atomic E-state index is 9.94. The zero-order valence-electron chi connectivity index (χ0n) is 11.4. The van der Waals surface area contributed by atoms with E-state index >= 15 is 0 Å². The van der Waals surface area contributed by atoms with Gasteiger partial charge in [-0.2, -0.15) is 0 Å². The van der Waals surface area contributed by atoms with E-state index in [0.29, 0.717) is 5.75 Å². The van der Waals surface area contributed by atoms with E-state index in [9.17, 15) is 5.11 Å². The van der Waals surface area contributed by atoms with Gasteiger partial charge in [0.05, 0.1) is 0 Å². The zero-order valence-corrected chi connectivity index (χ0v) is 11.4. The largest absolute Gasteiger partial charge is 0.508 e. The molecule has 3 nitrogen and oxygen atoms in total. The second-order valence-electron chi connectivity index (χ2n) is 4.69. The van der Waals surface area contributed by atoms with Gasteiger partial charge in [0.1, 0.15) is 5.75 Å². The van der Waals surface area contributed by atoms with Crippen molar-refractivity contribution in [3.8, 4) is 5.75 Å². The Bertz CT molecular complexity index is 513. The molecule has 0 fully saturated rings. The molecular formula is C16H20N2O. The molecule has 2 atom stereocenters. The minimum absolute atomic E-state index is 0.136. The molecule has 1 aromatic heterocycles. The van der Waals surface area contributed by atoms with Crippen LogP contribution in [0.3, 0.4) is 0 Å². The molecule has 0 bridgehead atoms. The summed E-state index contributed by atoms with van der Waals surface area (Å²) in [4.78, 5) is 4.14. The van der Waals surface area contributed by atoms with Crippen molar-refractivity contribution in [1.82, 2.24) is 10.3 Å². The van der Waals surface area contributed by atoms with Gasteiger partial charge in [-0.3, -0.25) is 4.98 Å². The van der Waals surface area contributed by atoms with Gasteiger partial charge >= 0.3 is 0 Å². The second-order valence-corrected chi connectivity index (χ2v) is 4.69. The molecule has 0 spiro atoms. The average molecular weight is 256 g/mol. The molecular weight excluding hydrogens is 236 g/mol. The van der Waals surface area contributed by atoms with Gasteiger partial charge in [-0.05, 0) is 31.0 Å². The maximum absolute atomic E-state index is 9.94. The molecule has 0 saturated carbocycles. The van der Waals surface area contributed by atoms with Crippen LogP contribution in [-0.4, -0.2) is 10.1 Å². The van der Waals surface area contributed by atoms with Gasteiger partial charge in [-0.1, -0.05) is 31.2 Å². The van der Waals surface area contributed by atoms with Gasteiger partial charge in [0.25, 0.3) is 0 Å². The number of nitrogens with zero attached hydrogens (tertiary/aromatic N) is 1. The SMILES string of the molecule is CCC(N[C@@H](C)c1cccnc1)c1ccccc1O. The summed E-state index contributed by atoms with van der Waals surface area (Å²) in [6.45, 7) is 4.22. The topological polar surface area (TPSA) is 45.2 Å². The van der Waals surface area contributed by atoms with E-state index in [1.807, 2.05) is 30.5 Å². The highest BCUT2D eigenvalue weighted by molar-refractivity contribution is 5.34. The highest BCUT2D eigenvalue weighted by atomic mass is 16.3. The van der Waals surface area contributed by atoms with Crippen molar-refractivity contribution >= 4 is 0 Å². The van der Waals surface area contributed by atoms with Crippen LogP contribution in [0.15, 0.2) is 48.8 Å². The van der Waals surface area contributed by atoms with E-state index in [1.165, 1.54) is 0 Å². The van der Waals surface area contributed by atoms with Gasteiger partial charge in [0.2, 0.25) is 0 Å². The van der Waals surface area contributed by atoms with Gasteiger partial charge < -0.3 is 10.4 Å². The fourth-order valence-corrected chi connectivity index (χ4v) is 2.24. The highest BCUT2D eigenvalue weighted by Gasteiger charge is 2.16. The van der Waals surface area contributed by atoms with Crippen molar-refractivity contribution in [2.45, 2.75) is 32.4 Å². The summed E-state index contributed by atoms with van der Waals surface area (Å²) >= 11 is 0. The molecule has 2 aromatic rings. The van der Waals surface area contributed by atoms with Crippen LogP contribution in [0.5, 0.6) is 5.75 Å². The van der Waals surface area contributed by atoms with E-state index in [4.69, 9.17) is 0 Å². The summed E-state index contributed by atoms with van der Waals surface area (Å²) in [5, 5.41) is 13.5. The number of benzene rings is 1. The second kappa shape index (κ2) is 6.34. The Kier molecular flexibility index (Phi) is 4.53. The maximum Gasteiger partial charge on any atom is 0.120 e. The van der Waals surface area contributed by atoms with Crippen molar-refractivity contribution in [3.05, 3.63) is 59.9 Å². The summed E-state index contributed by atoms with van der Waals surface area (Å²) in [7, 11) is 0. The molecule has 0 amide bonds. The number of pyridine rings is 1. The van der Waals surface area contributed by atoms with E-state index in [1.54, 1.807) is 12.3 Å². The number of rotatable bonds is 5. The third-order valence-electron chi connectivity index (χ3n) is 3.36. The summed E-state index contributed by atoms with van der Waals surface area (Å²) in [5.41, 5.74) is 2.09. The predicted octanol–water partition coefficient (Wildman–Crippen LogP) is 3.59. The fraction of sp³-hybridized carbons (Fsp3) is 0.312. The van der Waals surface area contributed by atoms with E-state index in [2.05, 4.69) is 30.2 Å². The van der Waals surface area contributed by atoms with Crippen LogP contribution in [0.25, 0.3) is 0 Å². The summed E-state index contributed by atoms with van der Waals surface area (Å²) < 4.78 is 0. The van der Waals surface area contributed by atoms with Crippen LogP contribution in [-0.2, 0) is 0 Å². The molecule has 0 aliphatic rings. The molecule has 2 rings (SSSR count). The molecule has 3 heteroatoms. The molecule has 0 radical (unpaired) electrons. The molecule has 0 aliphatic heterocycles. The van der Waals surface area contributed by atoms with Crippen LogP contribution < -0.4 is 5.32 Å². The summed E-state index contributed by atoms with van der Waals surface area (Å²) in [6, 6.07) is 11.8. The van der Waals surface area contributed by atoms with E-state index in [0.717, 1.165) is 17.5 Å². The number of hydrogen-bond acceptors (Lipinski definition) is 3. The van der Waals surface area contributed by atoms with Crippen molar-refractivity contribution in [2.75, 3.05) is 0 Å². The number of hydrogen-bond donors (Lipinski definition) is 2. The molecule has 1 unspecified atom stereocenters. The van der Waals surface area contributed by atoms with Gasteiger partial charge in [0, 0.05) is 30.0 Å². The highest BCUT2D eigenvalue weighted by Crippen LogP contribution is 2.28. The predicted molar refractivity (Wildman–Crippen MR) is 76.9 cm³/mol. The number of phenols is 1. The van der Waals surface area contributed by atoms with Crippen LogP contribution in [0.1, 0.15) is 43.5 Å². The summed E-state index contributed by atoms with van der Waals surface area (Å²) in [6.07, 6.45) is 4.56. The lowest BCUT2D eigenvalue weighted by atomic mass is 10.0. The fourth-order valence-electron chi connectivity index (χ4n) is 2.24. The quantitative estimate of drug-likeness (QED) is 0.859. The van der Waals surface area contributed by atoms with Crippen molar-refractivity contribution in [1.29, 1.82) is 0 Å². The Morgan fingerprint density at radius 2 is 2.00 bits per heavy atom. The smallest absolute Gasteiger partial charge is 0.120 e. The van der Waals surface area contributed by atoms with Crippen molar-refractivity contribution in [3.63, 3.8) is 0 Å². The standard InChI is InChI=1S/C16H20N2O/c1-3-15(14-8-4-5-9-16(14)19)18-12(2)13-7-6-10-17-11-13/h4-12,15,18-19H,3H2,1-2H3/t12-,15?/m0/s1. The Morgan fingerprint density at radius 1 is 1.21 bits per heavy atom. The Labute approximate surface area is 114 Å². The minimum atomic E-state index is 0.136.